The fourth-order valence-corrected chi connectivity index (χ4v) is 1.78. The van der Waals surface area contributed by atoms with Crippen LogP contribution in [0.5, 0.6) is 0 Å². The summed E-state index contributed by atoms with van der Waals surface area (Å²) in [4.78, 5) is 2.38. The van der Waals surface area contributed by atoms with Gasteiger partial charge in [0, 0.05) is 6.54 Å². The van der Waals surface area contributed by atoms with E-state index in [9.17, 15) is 0 Å². The van der Waals surface area contributed by atoms with Crippen LogP contribution in [0.15, 0.2) is 35.0 Å². The number of hydrogen-bond acceptors (Lipinski definition) is 2. The van der Waals surface area contributed by atoms with E-state index in [1.165, 1.54) is 25.0 Å². The molecule has 0 spiro atoms. The largest absolute Gasteiger partial charge is 0.468 e. The fourth-order valence-electron chi connectivity index (χ4n) is 1.78. The Hall–Kier alpha value is -1.02. The second kappa shape index (κ2) is 3.79. The first-order valence-electron chi connectivity index (χ1n) is 4.76. The van der Waals surface area contributed by atoms with Crippen LogP contribution in [-0.2, 0) is 6.54 Å². The zero-order valence-electron chi connectivity index (χ0n) is 7.83. The molecule has 1 saturated heterocycles. The van der Waals surface area contributed by atoms with E-state index >= 15 is 0 Å². The second-order valence-corrected chi connectivity index (χ2v) is 3.64. The van der Waals surface area contributed by atoms with Gasteiger partial charge in [-0.3, -0.25) is 4.90 Å². The highest BCUT2D eigenvalue weighted by molar-refractivity contribution is 5.03. The minimum Gasteiger partial charge on any atom is -0.468 e. The van der Waals surface area contributed by atoms with Crippen molar-refractivity contribution >= 4 is 0 Å². The molecular weight excluding hydrogens is 162 g/mol. The van der Waals surface area contributed by atoms with Gasteiger partial charge in [0.1, 0.15) is 5.76 Å². The predicted molar refractivity (Wildman–Crippen MR) is 52.4 cm³/mol. The average Bonchev–Trinajstić information content (AvgIpc) is 2.57. The molecule has 0 radical (unpaired) electrons. The maximum Gasteiger partial charge on any atom is 0.117 e. The van der Waals surface area contributed by atoms with E-state index in [1.807, 2.05) is 12.1 Å². The summed E-state index contributed by atoms with van der Waals surface area (Å²) in [7, 11) is 0. The molecule has 2 heterocycles. The first-order chi connectivity index (χ1) is 6.34. The van der Waals surface area contributed by atoms with E-state index in [-0.39, 0.29) is 0 Å². The third-order valence-corrected chi connectivity index (χ3v) is 2.41. The maximum atomic E-state index is 5.30. The molecule has 0 bridgehead atoms. The van der Waals surface area contributed by atoms with Crippen LogP contribution in [0, 0.1) is 0 Å². The summed E-state index contributed by atoms with van der Waals surface area (Å²) in [6.45, 7) is 7.14. The lowest BCUT2D eigenvalue weighted by Gasteiger charge is -2.26. The fraction of sp³-hybridized carbons (Fsp3) is 0.455. The normalized spacial score (nSPS) is 19.2. The zero-order chi connectivity index (χ0) is 9.10. The molecule has 0 aromatic carbocycles. The highest BCUT2D eigenvalue weighted by Crippen LogP contribution is 2.16. The number of furan rings is 1. The van der Waals surface area contributed by atoms with E-state index < -0.39 is 0 Å². The third-order valence-electron chi connectivity index (χ3n) is 2.41. The van der Waals surface area contributed by atoms with Crippen LogP contribution in [0.1, 0.15) is 18.6 Å². The molecule has 1 aliphatic rings. The quantitative estimate of drug-likeness (QED) is 0.645. The second-order valence-electron chi connectivity index (χ2n) is 3.64. The molecule has 0 saturated carbocycles. The molecule has 0 N–H and O–H groups in total. The molecular formula is C11H15NO. The van der Waals surface area contributed by atoms with Crippen LogP contribution in [0.2, 0.25) is 0 Å². The van der Waals surface area contributed by atoms with Gasteiger partial charge in [-0.25, -0.2) is 0 Å². The zero-order valence-corrected chi connectivity index (χ0v) is 7.83. The van der Waals surface area contributed by atoms with E-state index in [0.29, 0.717) is 0 Å². The summed E-state index contributed by atoms with van der Waals surface area (Å²) in [5.74, 6) is 1.05. The Balaban J connectivity index is 1.91. The minimum absolute atomic E-state index is 0.923. The summed E-state index contributed by atoms with van der Waals surface area (Å²) in [6.07, 6.45) is 4.16. The average molecular weight is 177 g/mol. The maximum absolute atomic E-state index is 5.30. The van der Waals surface area contributed by atoms with Crippen LogP contribution in [0.3, 0.4) is 0 Å². The molecule has 0 aliphatic carbocycles. The molecule has 70 valence electrons. The first-order valence-corrected chi connectivity index (χ1v) is 4.76. The molecule has 0 unspecified atom stereocenters. The molecule has 2 nitrogen and oxygen atoms in total. The SMILES string of the molecule is C=C1CCCN(Cc2ccco2)C1. The number of likely N-dealkylation sites (tertiary alicyclic amines) is 1. The van der Waals surface area contributed by atoms with Crippen molar-refractivity contribution in [1.82, 2.24) is 4.90 Å². The smallest absolute Gasteiger partial charge is 0.117 e. The van der Waals surface area contributed by atoms with Gasteiger partial charge in [-0.2, -0.15) is 0 Å². The van der Waals surface area contributed by atoms with Gasteiger partial charge >= 0.3 is 0 Å². The number of hydrogen-bond donors (Lipinski definition) is 0. The van der Waals surface area contributed by atoms with Gasteiger partial charge < -0.3 is 4.42 Å². The molecule has 0 atom stereocenters. The first kappa shape index (κ1) is 8.57. The predicted octanol–water partition coefficient (Wildman–Crippen LogP) is 2.43. The van der Waals surface area contributed by atoms with Gasteiger partial charge in [0.15, 0.2) is 0 Å². The summed E-state index contributed by atoms with van der Waals surface area (Å²) in [5.41, 5.74) is 1.35. The van der Waals surface area contributed by atoms with Crippen molar-refractivity contribution in [2.75, 3.05) is 13.1 Å². The van der Waals surface area contributed by atoms with E-state index in [1.54, 1.807) is 6.26 Å². The van der Waals surface area contributed by atoms with Gasteiger partial charge in [-0.1, -0.05) is 12.2 Å². The molecule has 2 rings (SSSR count). The summed E-state index contributed by atoms with van der Waals surface area (Å²) >= 11 is 0. The van der Waals surface area contributed by atoms with Crippen molar-refractivity contribution in [3.63, 3.8) is 0 Å². The highest BCUT2D eigenvalue weighted by Gasteiger charge is 2.13. The van der Waals surface area contributed by atoms with Crippen LogP contribution < -0.4 is 0 Å². The topological polar surface area (TPSA) is 16.4 Å². The molecule has 1 aliphatic heterocycles. The third kappa shape index (κ3) is 2.22. The summed E-state index contributed by atoms with van der Waals surface area (Å²) in [5, 5.41) is 0. The van der Waals surface area contributed by atoms with Gasteiger partial charge in [-0.15, -0.1) is 0 Å². The van der Waals surface area contributed by atoms with Crippen molar-refractivity contribution in [2.24, 2.45) is 0 Å². The Morgan fingerprint density at radius 1 is 1.54 bits per heavy atom. The van der Waals surface area contributed by atoms with Crippen LogP contribution in [0.4, 0.5) is 0 Å². The minimum atomic E-state index is 0.923. The summed E-state index contributed by atoms with van der Waals surface area (Å²) in [6, 6.07) is 3.96. The standard InChI is InChI=1S/C11H15NO/c1-10-4-2-6-12(8-10)9-11-5-3-7-13-11/h3,5,7H,1-2,4,6,8-9H2. The highest BCUT2D eigenvalue weighted by atomic mass is 16.3. The number of nitrogens with zero attached hydrogens (tertiary/aromatic N) is 1. The van der Waals surface area contributed by atoms with E-state index in [2.05, 4.69) is 11.5 Å². The van der Waals surface area contributed by atoms with E-state index in [4.69, 9.17) is 4.42 Å². The monoisotopic (exact) mass is 177 g/mol. The lowest BCUT2D eigenvalue weighted by atomic mass is 10.1. The molecule has 1 aromatic rings. The molecule has 13 heavy (non-hydrogen) atoms. The molecule has 2 heteroatoms. The molecule has 0 amide bonds. The summed E-state index contributed by atoms with van der Waals surface area (Å²) < 4.78 is 5.30. The van der Waals surface area contributed by atoms with Crippen molar-refractivity contribution in [2.45, 2.75) is 19.4 Å². The van der Waals surface area contributed by atoms with Crippen molar-refractivity contribution < 1.29 is 4.42 Å². The van der Waals surface area contributed by atoms with Crippen LogP contribution in [0.25, 0.3) is 0 Å². The number of rotatable bonds is 2. The van der Waals surface area contributed by atoms with E-state index in [0.717, 1.165) is 18.8 Å². The van der Waals surface area contributed by atoms with Gasteiger partial charge in [-0.05, 0) is 31.5 Å². The molecule has 1 fully saturated rings. The Bertz CT molecular complexity index is 276. The van der Waals surface area contributed by atoms with Gasteiger partial charge in [0.2, 0.25) is 0 Å². The Labute approximate surface area is 78.8 Å². The van der Waals surface area contributed by atoms with Gasteiger partial charge in [0.25, 0.3) is 0 Å². The van der Waals surface area contributed by atoms with Crippen LogP contribution in [-0.4, -0.2) is 18.0 Å². The van der Waals surface area contributed by atoms with Crippen molar-refractivity contribution in [1.29, 1.82) is 0 Å². The van der Waals surface area contributed by atoms with Crippen LogP contribution >= 0.6 is 0 Å². The Morgan fingerprint density at radius 2 is 2.46 bits per heavy atom. The Morgan fingerprint density at radius 3 is 3.15 bits per heavy atom. The lowest BCUT2D eigenvalue weighted by Crippen LogP contribution is -2.30. The number of piperidine rings is 1. The van der Waals surface area contributed by atoms with Crippen molar-refractivity contribution in [3.8, 4) is 0 Å². The van der Waals surface area contributed by atoms with Crippen molar-refractivity contribution in [3.05, 3.63) is 36.3 Å². The molecule has 1 aromatic heterocycles. The lowest BCUT2D eigenvalue weighted by molar-refractivity contribution is 0.238. The Kier molecular flexibility index (Phi) is 2.50. The van der Waals surface area contributed by atoms with Gasteiger partial charge in [0.05, 0.1) is 12.8 Å².